The number of carbonyl (C=O) groups is 3. The van der Waals surface area contributed by atoms with Gasteiger partial charge in [-0.2, -0.15) is 14.6 Å². The van der Waals surface area contributed by atoms with Crippen molar-refractivity contribution in [3.05, 3.63) is 53.6 Å². The summed E-state index contributed by atoms with van der Waals surface area (Å²) in [7, 11) is 0. The third-order valence-corrected chi connectivity index (χ3v) is 8.71. The molecule has 1 fully saturated rings. The first-order valence-electron chi connectivity index (χ1n) is 16.5. The molecule has 0 saturated heterocycles. The second-order valence-electron chi connectivity index (χ2n) is 12.0. The van der Waals surface area contributed by atoms with Crippen LogP contribution in [-0.4, -0.2) is 71.6 Å². The standard InChI is InChI=1S/C31H37F2N9O4S.C2H6O/c1-18(2)26(34)30(45)35-12-6-9-25(43)46-17-41-14-19(13-36-41)31-38-23(16-47-31)29(44)37-22-15-42(20-7-4-3-5-8-20)40-28(22)27-21(32)10-11-24(33)39-27;1-2-3/h10-11,13-16,18,20,26H,3-9,12,17,34H2,1-2H3,(H,35,45)(H,37,44);3H,2H2,1H3. The number of amides is 2. The molecule has 4 aromatic heterocycles. The number of anilines is 1. The highest BCUT2D eigenvalue weighted by atomic mass is 32.1. The highest BCUT2D eigenvalue weighted by Crippen LogP contribution is 2.34. The van der Waals surface area contributed by atoms with Crippen molar-refractivity contribution in [2.45, 2.75) is 84.5 Å². The molecule has 50 heavy (non-hydrogen) atoms. The molecule has 0 bridgehead atoms. The van der Waals surface area contributed by atoms with E-state index in [9.17, 15) is 23.2 Å². The molecule has 17 heteroatoms. The van der Waals surface area contributed by atoms with Crippen molar-refractivity contribution in [1.29, 1.82) is 0 Å². The molecule has 4 aromatic rings. The number of esters is 1. The summed E-state index contributed by atoms with van der Waals surface area (Å²) in [6.45, 7) is 5.83. The van der Waals surface area contributed by atoms with Gasteiger partial charge in [-0.15, -0.1) is 11.3 Å². The maximum absolute atomic E-state index is 14.7. The van der Waals surface area contributed by atoms with Gasteiger partial charge in [0.05, 0.1) is 24.0 Å². The van der Waals surface area contributed by atoms with E-state index in [1.54, 1.807) is 29.4 Å². The van der Waals surface area contributed by atoms with E-state index < -0.39 is 29.7 Å². The number of ether oxygens (including phenoxy) is 1. The lowest BCUT2D eigenvalue weighted by Gasteiger charge is -2.21. The van der Waals surface area contributed by atoms with E-state index in [4.69, 9.17) is 15.6 Å². The number of carbonyl (C=O) groups excluding carboxylic acids is 3. The number of pyridine rings is 1. The molecule has 0 radical (unpaired) electrons. The van der Waals surface area contributed by atoms with Crippen LogP contribution in [0.2, 0.25) is 0 Å². The maximum atomic E-state index is 14.7. The number of aliphatic hydroxyl groups excluding tert-OH is 1. The lowest BCUT2D eigenvalue weighted by atomic mass is 9.96. The van der Waals surface area contributed by atoms with Gasteiger partial charge in [-0.05, 0) is 44.2 Å². The van der Waals surface area contributed by atoms with Gasteiger partial charge in [0.15, 0.2) is 12.5 Å². The number of rotatable bonds is 13. The largest absolute Gasteiger partial charge is 0.442 e. The molecule has 1 saturated carbocycles. The molecule has 5 N–H and O–H groups in total. The van der Waals surface area contributed by atoms with E-state index in [1.165, 1.54) is 22.2 Å². The van der Waals surface area contributed by atoms with Gasteiger partial charge in [-0.1, -0.05) is 33.1 Å². The first-order chi connectivity index (χ1) is 24.0. The Kier molecular flexibility index (Phi) is 14.1. The van der Waals surface area contributed by atoms with Crippen molar-refractivity contribution in [2.24, 2.45) is 11.7 Å². The lowest BCUT2D eigenvalue weighted by molar-refractivity contribution is -0.148. The molecule has 0 aliphatic heterocycles. The average molecular weight is 716 g/mol. The van der Waals surface area contributed by atoms with Gasteiger partial charge in [0.1, 0.15) is 22.1 Å². The second-order valence-corrected chi connectivity index (χ2v) is 12.9. The van der Waals surface area contributed by atoms with Crippen LogP contribution in [0.25, 0.3) is 22.0 Å². The van der Waals surface area contributed by atoms with Gasteiger partial charge in [0, 0.05) is 42.9 Å². The molecule has 1 atom stereocenters. The van der Waals surface area contributed by atoms with Crippen LogP contribution in [0.3, 0.4) is 0 Å². The summed E-state index contributed by atoms with van der Waals surface area (Å²) in [6, 6.07) is 1.38. The SMILES string of the molecule is CC(C)C(N)C(=O)NCCCC(=O)OCn1cc(-c2nc(C(=O)Nc3cn(C4CCCCC4)nc3-c3nc(F)ccc3F)cs2)cn1.CCO. The number of nitrogens with zero attached hydrogens (tertiary/aromatic N) is 6. The molecule has 1 unspecified atom stereocenters. The predicted molar refractivity (Wildman–Crippen MR) is 183 cm³/mol. The molecule has 1 aliphatic carbocycles. The van der Waals surface area contributed by atoms with Crippen molar-refractivity contribution in [3.8, 4) is 22.0 Å². The molecular weight excluding hydrogens is 672 g/mol. The van der Waals surface area contributed by atoms with Crippen LogP contribution >= 0.6 is 11.3 Å². The van der Waals surface area contributed by atoms with Crippen LogP contribution in [-0.2, 0) is 21.1 Å². The molecule has 4 heterocycles. The second kappa shape index (κ2) is 18.4. The number of halogens is 2. The minimum atomic E-state index is -0.863. The smallest absolute Gasteiger partial charge is 0.307 e. The molecule has 0 spiro atoms. The zero-order valence-corrected chi connectivity index (χ0v) is 29.1. The van der Waals surface area contributed by atoms with E-state index >= 15 is 0 Å². The highest BCUT2D eigenvalue weighted by molar-refractivity contribution is 7.13. The quantitative estimate of drug-likeness (QED) is 0.0859. The van der Waals surface area contributed by atoms with Gasteiger partial charge in [-0.3, -0.25) is 19.1 Å². The van der Waals surface area contributed by atoms with Crippen LogP contribution in [0, 0.1) is 17.7 Å². The number of nitrogens with one attached hydrogen (secondary N) is 2. The minimum absolute atomic E-state index is 0.0139. The average Bonchev–Trinajstić information content (AvgIpc) is 3.87. The number of hydrogen-bond acceptors (Lipinski definition) is 11. The van der Waals surface area contributed by atoms with Crippen molar-refractivity contribution < 1.29 is 33.0 Å². The van der Waals surface area contributed by atoms with Crippen LogP contribution < -0.4 is 16.4 Å². The molecule has 0 aromatic carbocycles. The highest BCUT2D eigenvalue weighted by Gasteiger charge is 2.24. The summed E-state index contributed by atoms with van der Waals surface area (Å²) in [5, 5.41) is 23.8. The van der Waals surface area contributed by atoms with Crippen molar-refractivity contribution in [2.75, 3.05) is 18.5 Å². The Labute approximate surface area is 292 Å². The van der Waals surface area contributed by atoms with E-state index in [0.29, 0.717) is 23.5 Å². The third-order valence-electron chi connectivity index (χ3n) is 7.82. The van der Waals surface area contributed by atoms with Crippen LogP contribution in [0.15, 0.2) is 36.1 Å². The Morgan fingerprint density at radius 3 is 2.58 bits per heavy atom. The van der Waals surface area contributed by atoms with Crippen molar-refractivity contribution in [3.63, 3.8) is 0 Å². The Morgan fingerprint density at radius 1 is 1.12 bits per heavy atom. The van der Waals surface area contributed by atoms with E-state index in [0.717, 1.165) is 44.2 Å². The van der Waals surface area contributed by atoms with Gasteiger partial charge in [0.2, 0.25) is 11.9 Å². The fraction of sp³-hybridized carbons (Fsp3) is 0.485. The van der Waals surface area contributed by atoms with Crippen LogP contribution in [0.1, 0.15) is 82.2 Å². The normalized spacial score (nSPS) is 13.8. The van der Waals surface area contributed by atoms with Gasteiger partial charge < -0.3 is 26.2 Å². The molecule has 5 rings (SSSR count). The van der Waals surface area contributed by atoms with Gasteiger partial charge >= 0.3 is 5.97 Å². The Bertz CT molecular complexity index is 1740. The molecule has 1 aliphatic rings. The number of hydrogen-bond donors (Lipinski definition) is 4. The number of thiazole rings is 1. The van der Waals surface area contributed by atoms with Crippen molar-refractivity contribution in [1.82, 2.24) is 34.8 Å². The van der Waals surface area contributed by atoms with Crippen LogP contribution in [0.5, 0.6) is 0 Å². The topological polar surface area (TPSA) is 192 Å². The first-order valence-corrected chi connectivity index (χ1v) is 17.4. The monoisotopic (exact) mass is 715 g/mol. The summed E-state index contributed by atoms with van der Waals surface area (Å²) in [6.07, 6.45) is 10.3. The summed E-state index contributed by atoms with van der Waals surface area (Å²) in [5.74, 6) is -2.87. The summed E-state index contributed by atoms with van der Waals surface area (Å²) in [4.78, 5) is 45.5. The predicted octanol–water partition coefficient (Wildman–Crippen LogP) is 4.68. The number of aromatic nitrogens is 6. The Balaban J connectivity index is 0.00000181. The molecule has 14 nitrogen and oxygen atoms in total. The molecule has 2 amide bonds. The molecular formula is C33H43F2N9O5S. The first kappa shape index (κ1) is 38.2. The Hall–Kier alpha value is -4.61. The van der Waals surface area contributed by atoms with E-state index in [2.05, 4.69) is 30.8 Å². The fourth-order valence-corrected chi connectivity index (χ4v) is 5.87. The summed E-state index contributed by atoms with van der Waals surface area (Å²) >= 11 is 1.21. The zero-order valence-electron chi connectivity index (χ0n) is 28.3. The minimum Gasteiger partial charge on any atom is -0.442 e. The fourth-order valence-electron chi connectivity index (χ4n) is 5.09. The van der Waals surface area contributed by atoms with Gasteiger partial charge in [-0.25, -0.2) is 19.0 Å². The van der Waals surface area contributed by atoms with Crippen molar-refractivity contribution >= 4 is 34.8 Å². The zero-order chi connectivity index (χ0) is 36.2. The van der Waals surface area contributed by atoms with Gasteiger partial charge in [0.25, 0.3) is 5.91 Å². The number of aliphatic hydroxyl groups is 1. The van der Waals surface area contributed by atoms with E-state index in [-0.39, 0.29) is 60.4 Å². The third kappa shape index (κ3) is 10.4. The summed E-state index contributed by atoms with van der Waals surface area (Å²) < 4.78 is 37.1. The van der Waals surface area contributed by atoms with E-state index in [1.807, 2.05) is 13.8 Å². The Morgan fingerprint density at radius 2 is 1.86 bits per heavy atom. The lowest BCUT2D eigenvalue weighted by Crippen LogP contribution is -2.44. The molecule has 270 valence electrons. The number of nitrogens with two attached hydrogens (primary N) is 1. The maximum Gasteiger partial charge on any atom is 0.307 e. The van der Waals surface area contributed by atoms with Crippen LogP contribution in [0.4, 0.5) is 14.5 Å². The summed E-state index contributed by atoms with van der Waals surface area (Å²) in [5.41, 5.74) is 6.45.